The van der Waals surface area contributed by atoms with Crippen LogP contribution in [0.15, 0.2) is 36.4 Å². The number of rotatable bonds is 5. The molecule has 0 fully saturated rings. The Morgan fingerprint density at radius 2 is 1.90 bits per heavy atom. The van der Waals surface area contributed by atoms with Gasteiger partial charge in [0.15, 0.2) is 11.6 Å². The van der Waals surface area contributed by atoms with Gasteiger partial charge in [-0.05, 0) is 18.2 Å². The van der Waals surface area contributed by atoms with E-state index < -0.39 is 11.6 Å². The Bertz CT molecular complexity index is 677. The van der Waals surface area contributed by atoms with E-state index in [1.165, 1.54) is 12.1 Å². The summed E-state index contributed by atoms with van der Waals surface area (Å²) in [5.41, 5.74) is 6.09. The fraction of sp³-hybridized carbons (Fsp3) is 0.133. The largest absolute Gasteiger partial charge is 0.496 e. The number of anilines is 1. The van der Waals surface area contributed by atoms with Crippen LogP contribution in [0.4, 0.5) is 14.5 Å². The quantitative estimate of drug-likeness (QED) is 0.833. The lowest BCUT2D eigenvalue weighted by Crippen LogP contribution is -2.14. The summed E-state index contributed by atoms with van der Waals surface area (Å²) in [6.07, 6.45) is 0. The molecule has 0 radical (unpaired) electrons. The third-order valence-corrected chi connectivity index (χ3v) is 3.23. The van der Waals surface area contributed by atoms with Gasteiger partial charge >= 0.3 is 0 Å². The zero-order valence-corrected chi connectivity index (χ0v) is 12.1. The van der Waals surface area contributed by atoms with E-state index in [9.17, 15) is 8.78 Å². The van der Waals surface area contributed by atoms with Gasteiger partial charge in [0, 0.05) is 17.7 Å². The first-order chi connectivity index (χ1) is 10.0. The summed E-state index contributed by atoms with van der Waals surface area (Å²) in [5, 5.41) is 2.83. The van der Waals surface area contributed by atoms with Crippen LogP contribution in [0.2, 0.25) is 0 Å². The summed E-state index contributed by atoms with van der Waals surface area (Å²) in [4.78, 5) is -0.178. The molecule has 0 aromatic heterocycles. The molecule has 0 amide bonds. The molecule has 2 rings (SSSR count). The van der Waals surface area contributed by atoms with E-state index in [0.29, 0.717) is 12.3 Å². The van der Waals surface area contributed by atoms with E-state index in [4.69, 9.17) is 10.5 Å². The molecule has 0 saturated carbocycles. The number of ether oxygens (including phenoxy) is 1. The first-order valence-corrected chi connectivity index (χ1v) is 6.59. The second kappa shape index (κ2) is 6.49. The first-order valence-electron chi connectivity index (χ1n) is 6.18. The highest BCUT2D eigenvalue weighted by Crippen LogP contribution is 2.23. The number of hydrogen-bond donors (Lipinski definition) is 2. The zero-order valence-electron chi connectivity index (χ0n) is 11.3. The predicted molar refractivity (Wildman–Crippen MR) is 82.6 cm³/mol. The van der Waals surface area contributed by atoms with Crippen molar-refractivity contribution in [2.75, 3.05) is 12.4 Å². The number of hydrogen-bond acceptors (Lipinski definition) is 3. The minimum Gasteiger partial charge on any atom is -0.496 e. The van der Waals surface area contributed by atoms with Crippen LogP contribution in [0.3, 0.4) is 0 Å². The number of thiocarbonyl (C=S) groups is 1. The minimum atomic E-state index is -1.05. The molecule has 6 heteroatoms. The highest BCUT2D eigenvalue weighted by Gasteiger charge is 2.15. The Morgan fingerprint density at radius 3 is 2.57 bits per heavy atom. The molecule has 0 bridgehead atoms. The van der Waals surface area contributed by atoms with Crippen molar-refractivity contribution in [2.24, 2.45) is 5.73 Å². The number of methoxy groups -OCH3 is 1. The molecule has 21 heavy (non-hydrogen) atoms. The molecule has 2 aromatic carbocycles. The summed E-state index contributed by atoms with van der Waals surface area (Å²) in [6.45, 7) is 0.298. The smallest absolute Gasteiger partial charge is 0.182 e. The molecular weight excluding hydrogens is 294 g/mol. The molecule has 0 aliphatic heterocycles. The van der Waals surface area contributed by atoms with Crippen LogP contribution in [-0.4, -0.2) is 12.1 Å². The Kier molecular flexibility index (Phi) is 4.70. The third-order valence-electron chi connectivity index (χ3n) is 3.01. The Balaban J connectivity index is 2.21. The van der Waals surface area contributed by atoms with E-state index in [0.717, 1.165) is 5.56 Å². The second-order valence-electron chi connectivity index (χ2n) is 4.32. The highest BCUT2D eigenvalue weighted by atomic mass is 32.1. The Labute approximate surface area is 126 Å². The van der Waals surface area contributed by atoms with Gasteiger partial charge < -0.3 is 15.8 Å². The summed E-state index contributed by atoms with van der Waals surface area (Å²) in [7, 11) is 1.55. The Hall–Kier alpha value is -2.21. The summed E-state index contributed by atoms with van der Waals surface area (Å²) >= 11 is 4.66. The molecule has 0 aliphatic carbocycles. The topological polar surface area (TPSA) is 47.3 Å². The van der Waals surface area contributed by atoms with E-state index in [1.807, 2.05) is 18.2 Å². The van der Waals surface area contributed by atoms with Crippen molar-refractivity contribution in [1.29, 1.82) is 0 Å². The third kappa shape index (κ3) is 3.28. The molecule has 3 N–H and O–H groups in total. The molecule has 2 aromatic rings. The van der Waals surface area contributed by atoms with Crippen LogP contribution in [0.25, 0.3) is 0 Å². The molecule has 0 saturated heterocycles. The second-order valence-corrected chi connectivity index (χ2v) is 4.76. The standard InChI is InChI=1S/C15H14F2N2OS/c1-20-12-5-3-2-4-9(12)8-19-11-7-6-10(15(18)21)13(16)14(11)17/h2-7,19H,8H2,1H3,(H2,18,21). The van der Waals surface area contributed by atoms with E-state index in [1.54, 1.807) is 13.2 Å². The minimum absolute atomic E-state index is 0.0402. The SMILES string of the molecule is COc1ccccc1CNc1ccc(C(N)=S)c(F)c1F. The van der Waals surface area contributed by atoms with Crippen molar-refractivity contribution in [3.8, 4) is 5.75 Å². The highest BCUT2D eigenvalue weighted by molar-refractivity contribution is 7.80. The molecule has 0 atom stereocenters. The lowest BCUT2D eigenvalue weighted by molar-refractivity contribution is 0.410. The van der Waals surface area contributed by atoms with Gasteiger partial charge in [0.25, 0.3) is 0 Å². The van der Waals surface area contributed by atoms with Gasteiger partial charge in [-0.3, -0.25) is 0 Å². The van der Waals surface area contributed by atoms with Crippen LogP contribution < -0.4 is 15.8 Å². The number of nitrogens with one attached hydrogen (secondary N) is 1. The van der Waals surface area contributed by atoms with Crippen molar-refractivity contribution in [3.63, 3.8) is 0 Å². The molecule has 0 heterocycles. The molecule has 0 spiro atoms. The van der Waals surface area contributed by atoms with E-state index in [2.05, 4.69) is 17.5 Å². The first kappa shape index (κ1) is 15.2. The number of para-hydroxylation sites is 1. The summed E-state index contributed by atoms with van der Waals surface area (Å²) in [6, 6.07) is 10.1. The monoisotopic (exact) mass is 308 g/mol. The van der Waals surface area contributed by atoms with Gasteiger partial charge in [-0.1, -0.05) is 30.4 Å². The van der Waals surface area contributed by atoms with Crippen LogP contribution in [0, 0.1) is 11.6 Å². The van der Waals surface area contributed by atoms with Gasteiger partial charge in [0.05, 0.1) is 12.8 Å². The molecule has 3 nitrogen and oxygen atoms in total. The van der Waals surface area contributed by atoms with Crippen molar-refractivity contribution in [2.45, 2.75) is 6.54 Å². The lowest BCUT2D eigenvalue weighted by atomic mass is 10.1. The van der Waals surface area contributed by atoms with E-state index in [-0.39, 0.29) is 16.2 Å². The summed E-state index contributed by atoms with van der Waals surface area (Å²) in [5.74, 6) is -1.38. The normalized spacial score (nSPS) is 10.2. The molecular formula is C15H14F2N2OS. The zero-order chi connectivity index (χ0) is 15.4. The average Bonchev–Trinajstić information content (AvgIpc) is 2.48. The number of benzene rings is 2. The predicted octanol–water partition coefficient (Wildman–Crippen LogP) is 3.22. The fourth-order valence-electron chi connectivity index (χ4n) is 1.92. The van der Waals surface area contributed by atoms with Gasteiger partial charge in [-0.2, -0.15) is 0 Å². The van der Waals surface area contributed by atoms with E-state index >= 15 is 0 Å². The Morgan fingerprint density at radius 1 is 1.19 bits per heavy atom. The summed E-state index contributed by atoms with van der Waals surface area (Å²) < 4.78 is 32.9. The van der Waals surface area contributed by atoms with Crippen LogP contribution in [0.1, 0.15) is 11.1 Å². The maximum atomic E-state index is 13.9. The van der Waals surface area contributed by atoms with Gasteiger partial charge in [0.2, 0.25) is 0 Å². The van der Waals surface area contributed by atoms with Crippen LogP contribution >= 0.6 is 12.2 Å². The lowest BCUT2D eigenvalue weighted by Gasteiger charge is -2.12. The molecule has 110 valence electrons. The van der Waals surface area contributed by atoms with Gasteiger partial charge in [-0.15, -0.1) is 0 Å². The van der Waals surface area contributed by atoms with Crippen molar-refractivity contribution < 1.29 is 13.5 Å². The van der Waals surface area contributed by atoms with Gasteiger partial charge in [-0.25, -0.2) is 8.78 Å². The maximum absolute atomic E-state index is 13.9. The molecule has 0 unspecified atom stereocenters. The van der Waals surface area contributed by atoms with Crippen molar-refractivity contribution in [1.82, 2.24) is 0 Å². The van der Waals surface area contributed by atoms with Crippen molar-refractivity contribution >= 4 is 22.9 Å². The fourth-order valence-corrected chi connectivity index (χ4v) is 2.07. The van der Waals surface area contributed by atoms with Gasteiger partial charge in [0.1, 0.15) is 10.7 Å². The number of halogens is 2. The maximum Gasteiger partial charge on any atom is 0.182 e. The average molecular weight is 308 g/mol. The molecule has 0 aliphatic rings. The van der Waals surface area contributed by atoms with Crippen LogP contribution in [0.5, 0.6) is 5.75 Å². The van der Waals surface area contributed by atoms with Crippen molar-refractivity contribution in [3.05, 3.63) is 59.2 Å². The number of nitrogens with two attached hydrogens (primary N) is 1. The van der Waals surface area contributed by atoms with Crippen LogP contribution in [-0.2, 0) is 6.54 Å².